The zero-order valence-corrected chi connectivity index (χ0v) is 8.84. The zero-order chi connectivity index (χ0) is 10.3. The average molecular weight is 199 g/mol. The number of hydrogen-bond acceptors (Lipinski definition) is 2. The summed E-state index contributed by atoms with van der Waals surface area (Å²) in [4.78, 5) is 0. The molecule has 1 aliphatic rings. The van der Waals surface area contributed by atoms with Crippen LogP contribution < -0.4 is 5.32 Å². The Kier molecular flexibility index (Phi) is 2.31. The third-order valence-corrected chi connectivity index (χ3v) is 2.68. The van der Waals surface area contributed by atoms with Gasteiger partial charge in [-0.2, -0.15) is 5.10 Å². The van der Waals surface area contributed by atoms with Crippen LogP contribution in [-0.4, -0.2) is 16.3 Å². The van der Waals surface area contributed by atoms with Crippen molar-refractivity contribution in [3.63, 3.8) is 0 Å². The molecular weight excluding hydrogens is 181 g/mol. The van der Waals surface area contributed by atoms with Gasteiger partial charge >= 0.3 is 0 Å². The molecule has 0 saturated heterocycles. The molecule has 2 heterocycles. The molecule has 2 rings (SSSR count). The molecule has 0 spiro atoms. The lowest BCUT2D eigenvalue weighted by atomic mass is 9.98. The van der Waals surface area contributed by atoms with E-state index < -0.39 is 6.17 Å². The van der Waals surface area contributed by atoms with Gasteiger partial charge in [-0.1, -0.05) is 13.8 Å². The molecule has 14 heavy (non-hydrogen) atoms. The fraction of sp³-hybridized carbons (Fsp3) is 0.700. The van der Waals surface area contributed by atoms with Gasteiger partial charge in [0.15, 0.2) is 0 Å². The molecule has 1 aromatic heterocycles. The third-order valence-electron chi connectivity index (χ3n) is 2.68. The molecule has 1 N–H and O–H groups in total. The fourth-order valence-electron chi connectivity index (χ4n) is 2.19. The predicted molar refractivity (Wildman–Crippen MR) is 55.0 cm³/mol. The van der Waals surface area contributed by atoms with Crippen molar-refractivity contribution in [1.29, 1.82) is 0 Å². The van der Waals surface area contributed by atoms with Crippen molar-refractivity contribution in [2.24, 2.45) is 7.05 Å². The second-order valence-electron chi connectivity index (χ2n) is 4.12. The number of fused-ring (bicyclic) bond motifs is 1. The summed E-state index contributed by atoms with van der Waals surface area (Å²) in [5, 5.41) is 7.36. The van der Waals surface area contributed by atoms with Crippen molar-refractivity contribution >= 4 is 0 Å². The summed E-state index contributed by atoms with van der Waals surface area (Å²) in [5.74, 6) is 0.326. The molecule has 1 unspecified atom stereocenters. The molecule has 0 aromatic carbocycles. The SMILES string of the molecule is CC(C)c1c2c(nn1C)CNCC2F.[HH]. The second kappa shape index (κ2) is 3.35. The second-order valence-corrected chi connectivity index (χ2v) is 4.12. The summed E-state index contributed by atoms with van der Waals surface area (Å²) in [6.45, 7) is 5.26. The van der Waals surface area contributed by atoms with E-state index in [-0.39, 0.29) is 1.43 Å². The van der Waals surface area contributed by atoms with Crippen LogP contribution in [0.25, 0.3) is 0 Å². The first-order valence-electron chi connectivity index (χ1n) is 5.01. The van der Waals surface area contributed by atoms with Gasteiger partial charge in [0, 0.05) is 32.8 Å². The monoisotopic (exact) mass is 199 g/mol. The molecule has 80 valence electrons. The minimum atomic E-state index is -0.898. The van der Waals surface area contributed by atoms with Gasteiger partial charge in [0.25, 0.3) is 0 Å². The van der Waals surface area contributed by atoms with E-state index in [1.165, 1.54) is 0 Å². The molecular formula is C10H18FN3. The maximum Gasteiger partial charge on any atom is 0.141 e. The highest BCUT2D eigenvalue weighted by Crippen LogP contribution is 2.31. The van der Waals surface area contributed by atoms with Crippen LogP contribution >= 0.6 is 0 Å². The molecule has 0 fully saturated rings. The molecule has 3 nitrogen and oxygen atoms in total. The van der Waals surface area contributed by atoms with Crippen LogP contribution in [0.3, 0.4) is 0 Å². The van der Waals surface area contributed by atoms with Gasteiger partial charge in [0.05, 0.1) is 5.69 Å². The fourth-order valence-corrected chi connectivity index (χ4v) is 2.19. The highest BCUT2D eigenvalue weighted by Gasteiger charge is 2.28. The van der Waals surface area contributed by atoms with Gasteiger partial charge in [0.1, 0.15) is 6.17 Å². The highest BCUT2D eigenvalue weighted by molar-refractivity contribution is 5.32. The molecule has 0 aliphatic carbocycles. The molecule has 1 aromatic rings. The van der Waals surface area contributed by atoms with Gasteiger partial charge in [-0.25, -0.2) is 4.39 Å². The molecule has 0 radical (unpaired) electrons. The quantitative estimate of drug-likeness (QED) is 0.748. The van der Waals surface area contributed by atoms with Crippen molar-refractivity contribution in [3.8, 4) is 0 Å². The number of rotatable bonds is 1. The van der Waals surface area contributed by atoms with Crippen LogP contribution in [0.15, 0.2) is 0 Å². The Balaban J connectivity index is 0.00000112. The Labute approximate surface area is 84.8 Å². The van der Waals surface area contributed by atoms with Crippen LogP contribution in [0.4, 0.5) is 4.39 Å². The minimum Gasteiger partial charge on any atom is -0.308 e. The summed E-state index contributed by atoms with van der Waals surface area (Å²) in [6.07, 6.45) is -0.898. The standard InChI is InChI=1S/C10H16FN3.H2/c1-6(2)10-9-7(11)4-12-5-8(9)13-14(10)3;/h6-7,12H,4-5H2,1-3H3;1H. The van der Waals surface area contributed by atoms with Crippen LogP contribution in [0.5, 0.6) is 0 Å². The smallest absolute Gasteiger partial charge is 0.141 e. The van der Waals surface area contributed by atoms with Crippen molar-refractivity contribution in [1.82, 2.24) is 15.1 Å². The Morgan fingerprint density at radius 2 is 2.36 bits per heavy atom. The first kappa shape index (κ1) is 9.65. The normalized spacial score (nSPS) is 21.4. The van der Waals surface area contributed by atoms with E-state index in [4.69, 9.17) is 0 Å². The average Bonchev–Trinajstić information content (AvgIpc) is 2.42. The molecule has 0 saturated carbocycles. The lowest BCUT2D eigenvalue weighted by molar-refractivity contribution is 0.307. The number of alkyl halides is 1. The highest BCUT2D eigenvalue weighted by atomic mass is 19.1. The topological polar surface area (TPSA) is 29.9 Å². The Bertz CT molecular complexity index is 349. The van der Waals surface area contributed by atoms with Crippen LogP contribution in [0.1, 0.15) is 44.3 Å². The molecule has 1 atom stereocenters. The van der Waals surface area contributed by atoms with Gasteiger partial charge in [-0.3, -0.25) is 4.68 Å². The predicted octanol–water partition coefficient (Wildman–Crippen LogP) is 1.90. The van der Waals surface area contributed by atoms with E-state index in [0.717, 1.165) is 17.0 Å². The van der Waals surface area contributed by atoms with Crippen LogP contribution in [-0.2, 0) is 13.6 Å². The van der Waals surface area contributed by atoms with E-state index >= 15 is 0 Å². The Morgan fingerprint density at radius 1 is 1.64 bits per heavy atom. The first-order valence-corrected chi connectivity index (χ1v) is 5.01. The van der Waals surface area contributed by atoms with Crippen LogP contribution in [0.2, 0.25) is 0 Å². The van der Waals surface area contributed by atoms with E-state index in [1.807, 2.05) is 11.7 Å². The molecule has 0 amide bonds. The number of halogens is 1. The lowest BCUT2D eigenvalue weighted by Gasteiger charge is -2.18. The molecule has 1 aliphatic heterocycles. The lowest BCUT2D eigenvalue weighted by Crippen LogP contribution is -2.26. The number of hydrogen-bond donors (Lipinski definition) is 1. The maximum absolute atomic E-state index is 13.7. The van der Waals surface area contributed by atoms with Crippen molar-refractivity contribution in [2.75, 3.05) is 6.54 Å². The maximum atomic E-state index is 13.7. The number of nitrogens with zero attached hydrogens (tertiary/aromatic N) is 2. The van der Waals surface area contributed by atoms with Crippen molar-refractivity contribution in [3.05, 3.63) is 17.0 Å². The van der Waals surface area contributed by atoms with Gasteiger partial charge in [0.2, 0.25) is 0 Å². The van der Waals surface area contributed by atoms with Crippen molar-refractivity contribution < 1.29 is 5.82 Å². The Hall–Kier alpha value is -0.900. The van der Waals surface area contributed by atoms with E-state index in [1.54, 1.807) is 0 Å². The number of aryl methyl sites for hydroxylation is 1. The van der Waals surface area contributed by atoms with E-state index in [0.29, 0.717) is 19.0 Å². The number of aromatic nitrogens is 2. The largest absolute Gasteiger partial charge is 0.308 e. The summed E-state index contributed by atoms with van der Waals surface area (Å²) in [5.41, 5.74) is 2.73. The van der Waals surface area contributed by atoms with E-state index in [9.17, 15) is 4.39 Å². The van der Waals surface area contributed by atoms with Gasteiger partial charge in [-0.05, 0) is 5.92 Å². The van der Waals surface area contributed by atoms with Gasteiger partial charge < -0.3 is 5.32 Å². The molecule has 0 bridgehead atoms. The summed E-state index contributed by atoms with van der Waals surface area (Å²) in [6, 6.07) is 0. The van der Waals surface area contributed by atoms with Gasteiger partial charge in [-0.15, -0.1) is 0 Å². The Morgan fingerprint density at radius 3 is 3.00 bits per heavy atom. The summed E-state index contributed by atoms with van der Waals surface area (Å²) >= 11 is 0. The van der Waals surface area contributed by atoms with E-state index in [2.05, 4.69) is 24.3 Å². The summed E-state index contributed by atoms with van der Waals surface area (Å²) < 4.78 is 15.5. The first-order chi connectivity index (χ1) is 6.61. The molecule has 4 heteroatoms. The zero-order valence-electron chi connectivity index (χ0n) is 8.84. The minimum absolute atomic E-state index is 0. The van der Waals surface area contributed by atoms with Crippen molar-refractivity contribution in [2.45, 2.75) is 32.5 Å². The summed E-state index contributed by atoms with van der Waals surface area (Å²) in [7, 11) is 1.89. The third kappa shape index (κ3) is 1.34. The number of nitrogens with one attached hydrogen (secondary N) is 1. The van der Waals surface area contributed by atoms with Crippen LogP contribution in [0, 0.1) is 0 Å².